The SMILES string of the molecule is CCN(CC(=O)O)C(=O)[C@@H]1CCCC[C@H]1C(=O)O. The average Bonchev–Trinajstić information content (AvgIpc) is 2.34. The van der Waals surface area contributed by atoms with E-state index in [1.807, 2.05) is 0 Å². The molecule has 1 aliphatic carbocycles. The van der Waals surface area contributed by atoms with Crippen molar-refractivity contribution in [3.05, 3.63) is 0 Å². The topological polar surface area (TPSA) is 94.9 Å². The van der Waals surface area contributed by atoms with Crippen molar-refractivity contribution < 1.29 is 24.6 Å². The third-order valence-electron chi connectivity index (χ3n) is 3.42. The molecule has 0 heterocycles. The van der Waals surface area contributed by atoms with E-state index < -0.39 is 23.8 Å². The molecular formula is C12H19NO5. The quantitative estimate of drug-likeness (QED) is 0.760. The standard InChI is InChI=1S/C12H19NO5/c1-2-13(7-10(14)15)11(16)8-5-3-4-6-9(8)12(17)18/h8-9H,2-7H2,1H3,(H,14,15)(H,17,18)/t8-,9-/m1/s1. The van der Waals surface area contributed by atoms with E-state index in [2.05, 4.69) is 0 Å². The molecule has 0 bridgehead atoms. The maximum absolute atomic E-state index is 12.2. The molecule has 102 valence electrons. The highest BCUT2D eigenvalue weighted by Crippen LogP contribution is 2.31. The van der Waals surface area contributed by atoms with Crippen molar-refractivity contribution in [2.24, 2.45) is 11.8 Å². The van der Waals surface area contributed by atoms with Gasteiger partial charge >= 0.3 is 11.9 Å². The molecular weight excluding hydrogens is 238 g/mol. The minimum absolute atomic E-state index is 0.286. The van der Waals surface area contributed by atoms with Gasteiger partial charge in [-0.05, 0) is 19.8 Å². The number of aliphatic carboxylic acids is 2. The van der Waals surface area contributed by atoms with E-state index in [9.17, 15) is 14.4 Å². The predicted molar refractivity (Wildman–Crippen MR) is 63.0 cm³/mol. The summed E-state index contributed by atoms with van der Waals surface area (Å²) < 4.78 is 0. The summed E-state index contributed by atoms with van der Waals surface area (Å²) in [6, 6.07) is 0. The van der Waals surface area contributed by atoms with Gasteiger partial charge in [-0.1, -0.05) is 12.8 Å². The maximum atomic E-state index is 12.2. The van der Waals surface area contributed by atoms with Gasteiger partial charge in [0.15, 0.2) is 0 Å². The zero-order valence-electron chi connectivity index (χ0n) is 10.5. The first-order valence-electron chi connectivity index (χ1n) is 6.20. The number of hydrogen-bond acceptors (Lipinski definition) is 3. The maximum Gasteiger partial charge on any atom is 0.323 e. The van der Waals surface area contributed by atoms with Crippen LogP contribution in [0.5, 0.6) is 0 Å². The summed E-state index contributed by atoms with van der Waals surface area (Å²) in [6.07, 6.45) is 2.67. The lowest BCUT2D eigenvalue weighted by Crippen LogP contribution is -2.44. The number of rotatable bonds is 5. The number of nitrogens with zero attached hydrogens (tertiary/aromatic N) is 1. The van der Waals surface area contributed by atoms with Crippen molar-refractivity contribution in [2.45, 2.75) is 32.6 Å². The Balaban J connectivity index is 2.78. The number of hydrogen-bond donors (Lipinski definition) is 2. The molecule has 6 heteroatoms. The largest absolute Gasteiger partial charge is 0.481 e. The first kappa shape index (κ1) is 14.5. The van der Waals surface area contributed by atoms with Crippen molar-refractivity contribution >= 4 is 17.8 Å². The Morgan fingerprint density at radius 2 is 1.67 bits per heavy atom. The summed E-state index contributed by atoms with van der Waals surface area (Å²) in [5.74, 6) is -3.62. The van der Waals surface area contributed by atoms with E-state index in [0.717, 1.165) is 12.8 Å². The molecule has 0 spiro atoms. The van der Waals surface area contributed by atoms with Crippen LogP contribution >= 0.6 is 0 Å². The molecule has 0 aliphatic heterocycles. The number of carboxylic acid groups (broad SMARTS) is 2. The average molecular weight is 257 g/mol. The zero-order chi connectivity index (χ0) is 13.7. The zero-order valence-corrected chi connectivity index (χ0v) is 10.5. The lowest BCUT2D eigenvalue weighted by Gasteiger charge is -2.31. The van der Waals surface area contributed by atoms with Crippen LogP contribution in [-0.2, 0) is 14.4 Å². The monoisotopic (exact) mass is 257 g/mol. The van der Waals surface area contributed by atoms with Crippen LogP contribution in [0.15, 0.2) is 0 Å². The minimum atomic E-state index is -1.08. The Hall–Kier alpha value is -1.59. The molecule has 0 aromatic heterocycles. The van der Waals surface area contributed by atoms with Gasteiger partial charge in [-0.2, -0.15) is 0 Å². The van der Waals surface area contributed by atoms with Crippen molar-refractivity contribution in [1.29, 1.82) is 0 Å². The van der Waals surface area contributed by atoms with Crippen LogP contribution in [0.2, 0.25) is 0 Å². The van der Waals surface area contributed by atoms with E-state index in [1.165, 1.54) is 4.90 Å². The highest BCUT2D eigenvalue weighted by molar-refractivity contribution is 5.87. The molecule has 2 N–H and O–H groups in total. The molecule has 0 radical (unpaired) electrons. The summed E-state index contributed by atoms with van der Waals surface area (Å²) in [4.78, 5) is 35.2. The molecule has 6 nitrogen and oxygen atoms in total. The van der Waals surface area contributed by atoms with Crippen LogP contribution < -0.4 is 0 Å². The molecule has 1 saturated carbocycles. The van der Waals surface area contributed by atoms with Gasteiger partial charge in [0, 0.05) is 6.54 Å². The van der Waals surface area contributed by atoms with E-state index >= 15 is 0 Å². The Morgan fingerprint density at radius 1 is 1.11 bits per heavy atom. The van der Waals surface area contributed by atoms with Crippen LogP contribution in [0.25, 0.3) is 0 Å². The summed E-state index contributed by atoms with van der Waals surface area (Å²) in [6.45, 7) is 1.62. The third-order valence-corrected chi connectivity index (χ3v) is 3.42. The van der Waals surface area contributed by atoms with Crippen molar-refractivity contribution in [2.75, 3.05) is 13.1 Å². The molecule has 1 rings (SSSR count). The van der Waals surface area contributed by atoms with Gasteiger partial charge in [0.1, 0.15) is 6.54 Å². The second kappa shape index (κ2) is 6.37. The Morgan fingerprint density at radius 3 is 2.11 bits per heavy atom. The molecule has 0 aromatic carbocycles. The van der Waals surface area contributed by atoms with E-state index in [4.69, 9.17) is 10.2 Å². The van der Waals surface area contributed by atoms with Gasteiger partial charge in [0.2, 0.25) is 5.91 Å². The van der Waals surface area contributed by atoms with Crippen LogP contribution in [0, 0.1) is 11.8 Å². The predicted octanol–water partition coefficient (Wildman–Crippen LogP) is 0.810. The highest BCUT2D eigenvalue weighted by Gasteiger charge is 2.37. The van der Waals surface area contributed by atoms with E-state index in [-0.39, 0.29) is 19.0 Å². The molecule has 2 atom stereocenters. The molecule has 0 aromatic rings. The lowest BCUT2D eigenvalue weighted by molar-refractivity contribution is -0.154. The third kappa shape index (κ3) is 3.45. The number of likely N-dealkylation sites (N-methyl/N-ethyl adjacent to an activating group) is 1. The van der Waals surface area contributed by atoms with Gasteiger partial charge in [-0.15, -0.1) is 0 Å². The van der Waals surface area contributed by atoms with Gasteiger partial charge in [-0.25, -0.2) is 0 Å². The fourth-order valence-electron chi connectivity index (χ4n) is 2.47. The molecule has 1 aliphatic rings. The number of carbonyl (C=O) groups excluding carboxylic acids is 1. The first-order valence-corrected chi connectivity index (χ1v) is 6.20. The van der Waals surface area contributed by atoms with Gasteiger partial charge in [-0.3, -0.25) is 14.4 Å². The number of carbonyl (C=O) groups is 3. The molecule has 1 amide bonds. The Kier molecular flexibility index (Phi) is 5.12. The first-order chi connectivity index (χ1) is 8.47. The fraction of sp³-hybridized carbons (Fsp3) is 0.750. The van der Waals surface area contributed by atoms with Gasteiger partial charge < -0.3 is 15.1 Å². The second-order valence-electron chi connectivity index (χ2n) is 4.58. The fourth-order valence-corrected chi connectivity index (χ4v) is 2.47. The van der Waals surface area contributed by atoms with Crippen LogP contribution in [0.1, 0.15) is 32.6 Å². The summed E-state index contributed by atoms with van der Waals surface area (Å²) in [5, 5.41) is 17.8. The van der Waals surface area contributed by atoms with Crippen LogP contribution in [-0.4, -0.2) is 46.0 Å². The smallest absolute Gasteiger partial charge is 0.323 e. The summed E-state index contributed by atoms with van der Waals surface area (Å²) in [7, 11) is 0. The molecule has 18 heavy (non-hydrogen) atoms. The van der Waals surface area contributed by atoms with E-state index in [1.54, 1.807) is 6.92 Å². The second-order valence-corrected chi connectivity index (χ2v) is 4.58. The van der Waals surface area contributed by atoms with Crippen LogP contribution in [0.3, 0.4) is 0 Å². The lowest BCUT2D eigenvalue weighted by atomic mass is 9.78. The van der Waals surface area contributed by atoms with Gasteiger partial charge in [0.05, 0.1) is 11.8 Å². The summed E-state index contributed by atoms with van der Waals surface area (Å²) >= 11 is 0. The van der Waals surface area contributed by atoms with Crippen molar-refractivity contribution in [1.82, 2.24) is 4.90 Å². The Labute approximate surface area is 106 Å². The van der Waals surface area contributed by atoms with Crippen LogP contribution in [0.4, 0.5) is 0 Å². The molecule has 0 unspecified atom stereocenters. The Bertz CT molecular complexity index is 341. The number of amides is 1. The molecule has 0 saturated heterocycles. The van der Waals surface area contributed by atoms with E-state index in [0.29, 0.717) is 12.8 Å². The summed E-state index contributed by atoms with van der Waals surface area (Å²) in [5.41, 5.74) is 0. The van der Waals surface area contributed by atoms with Gasteiger partial charge in [0.25, 0.3) is 0 Å². The van der Waals surface area contributed by atoms with Crippen molar-refractivity contribution in [3.63, 3.8) is 0 Å². The normalized spacial score (nSPS) is 23.4. The van der Waals surface area contributed by atoms with Crippen molar-refractivity contribution in [3.8, 4) is 0 Å². The highest BCUT2D eigenvalue weighted by atomic mass is 16.4. The molecule has 1 fully saturated rings. The minimum Gasteiger partial charge on any atom is -0.481 e. The number of carboxylic acids is 2.